The van der Waals surface area contributed by atoms with Crippen molar-refractivity contribution < 1.29 is 127 Å². The van der Waals surface area contributed by atoms with Crippen molar-refractivity contribution in [3.05, 3.63) is 141 Å². The van der Waals surface area contributed by atoms with Crippen LogP contribution >= 0.6 is 0 Å². The standard InChI is InChI=1S/3C16H18O4.C6H12N4.3Cu.3H2O/c3*1-9(17)15(10(2)18)13-7-5-6-8-14(13)16(11(3)19)12(4)20;1-7-2-9-4-8(1)5-10(3-7)6-9;;;;;;/h3*5-8,17,19H,1-4H3;1-6H2;;;;3*1H2/q;;;;3*+2;;;/p-6/b3*15-9+,16-11+;;;;;;;. The van der Waals surface area contributed by atoms with E-state index >= 15 is 0 Å². The first-order valence-electron chi connectivity index (χ1n) is 22.2. The summed E-state index contributed by atoms with van der Waals surface area (Å²) in [5, 5.41) is 70.0. The summed E-state index contributed by atoms with van der Waals surface area (Å²) < 4.78 is 0. The maximum atomic E-state index is 11.7. The fraction of sp³-hybridized carbons (Fsp3) is 0.333. The molecule has 425 valence electrons. The minimum absolute atomic E-state index is 0. The van der Waals surface area contributed by atoms with E-state index in [9.17, 15) is 59.4 Å². The van der Waals surface area contributed by atoms with Gasteiger partial charge in [0.15, 0.2) is 34.7 Å². The molecular weight excluding hydrogens is 1140 g/mol. The van der Waals surface area contributed by atoms with E-state index in [2.05, 4.69) is 19.6 Å². The molecule has 4 aliphatic heterocycles. The van der Waals surface area contributed by atoms with Crippen LogP contribution in [0.25, 0.3) is 33.4 Å². The number of hydrogen-bond acceptors (Lipinski definition) is 16. The Morgan fingerprint density at radius 3 is 0.461 bits per heavy atom. The summed E-state index contributed by atoms with van der Waals surface area (Å²) in [5.74, 6) is -4.71. The van der Waals surface area contributed by atoms with Crippen LogP contribution < -0.4 is 30.6 Å². The van der Waals surface area contributed by atoms with Crippen LogP contribution in [-0.4, -0.2) is 111 Å². The van der Waals surface area contributed by atoms with E-state index in [0.717, 1.165) is 0 Å². The van der Waals surface area contributed by atoms with Crippen molar-refractivity contribution in [2.45, 2.75) is 83.1 Å². The van der Waals surface area contributed by atoms with Crippen LogP contribution in [-0.2, 0) is 80.0 Å². The molecule has 0 spiro atoms. The molecule has 4 aliphatic rings. The van der Waals surface area contributed by atoms with Crippen molar-refractivity contribution in [3.63, 3.8) is 0 Å². The van der Waals surface area contributed by atoms with Crippen LogP contribution in [0.15, 0.2) is 107 Å². The second-order valence-corrected chi connectivity index (χ2v) is 17.1. The van der Waals surface area contributed by atoms with Crippen molar-refractivity contribution in [3.8, 4) is 0 Å². The van der Waals surface area contributed by atoms with Gasteiger partial charge in [-0.05, 0) is 74.9 Å². The van der Waals surface area contributed by atoms with Gasteiger partial charge >= 0.3 is 51.2 Å². The Labute approximate surface area is 476 Å². The number of allylic oxidation sites excluding steroid dienone is 12. The van der Waals surface area contributed by atoms with Crippen molar-refractivity contribution >= 4 is 68.1 Å². The Morgan fingerprint density at radius 1 is 0.276 bits per heavy atom. The molecule has 0 amide bonds. The summed E-state index contributed by atoms with van der Waals surface area (Å²) in [4.78, 5) is 79.9. The fourth-order valence-electron chi connectivity index (χ4n) is 8.75. The summed E-state index contributed by atoms with van der Waals surface area (Å²) in [7, 11) is 0. The number of ketones is 6. The van der Waals surface area contributed by atoms with Crippen LogP contribution in [0.3, 0.4) is 0 Å². The zero-order valence-electron chi connectivity index (χ0n) is 44.3. The Balaban J connectivity index is -0.000000451. The van der Waals surface area contributed by atoms with Crippen LogP contribution in [0.5, 0.6) is 0 Å². The van der Waals surface area contributed by atoms with E-state index in [-0.39, 0.29) is 101 Å². The molecule has 6 N–H and O–H groups in total. The summed E-state index contributed by atoms with van der Waals surface area (Å²) in [6.45, 7) is 22.6. The molecule has 4 saturated heterocycles. The molecule has 7 rings (SSSR count). The quantitative estimate of drug-likeness (QED) is 0.127. The number of Topliss-reactive ketones (excluding diaryl/α,β-unsaturated/α-hetero) is 6. The Morgan fingerprint density at radius 2 is 0.382 bits per heavy atom. The van der Waals surface area contributed by atoms with Gasteiger partial charge in [-0.3, -0.25) is 48.4 Å². The van der Waals surface area contributed by atoms with Gasteiger partial charge in [0.2, 0.25) is 0 Å². The van der Waals surface area contributed by atoms with Gasteiger partial charge in [0.1, 0.15) is 0 Å². The molecule has 4 fully saturated rings. The van der Waals surface area contributed by atoms with Gasteiger partial charge in [0.05, 0.1) is 40.0 Å². The molecule has 0 atom stereocenters. The van der Waals surface area contributed by atoms with Gasteiger partial charge < -0.3 is 47.1 Å². The van der Waals surface area contributed by atoms with E-state index in [1.807, 2.05) is 0 Å². The van der Waals surface area contributed by atoms with Gasteiger partial charge in [-0.2, -0.15) is 0 Å². The van der Waals surface area contributed by atoms with Crippen LogP contribution in [0.2, 0.25) is 0 Å². The fourth-order valence-corrected chi connectivity index (χ4v) is 8.75. The average molecular weight is 1200 g/mol. The van der Waals surface area contributed by atoms with E-state index in [0.29, 0.717) is 33.4 Å². The third-order valence-electron chi connectivity index (χ3n) is 11.0. The zero-order chi connectivity index (χ0) is 52.9. The molecule has 0 unspecified atom stereocenters. The second-order valence-electron chi connectivity index (χ2n) is 17.1. The van der Waals surface area contributed by atoms with E-state index in [1.165, 1.54) is 123 Å². The normalized spacial score (nSPS) is 18.2. The molecule has 76 heavy (non-hydrogen) atoms. The van der Waals surface area contributed by atoms with Gasteiger partial charge in [0.25, 0.3) is 0 Å². The number of rotatable bonds is 12. The molecular formula is C54H66Cu3N4O15. The first-order chi connectivity index (χ1) is 32.7. The van der Waals surface area contributed by atoms with Crippen LogP contribution in [0.1, 0.15) is 116 Å². The van der Waals surface area contributed by atoms with Crippen LogP contribution in [0.4, 0.5) is 0 Å². The van der Waals surface area contributed by atoms with Crippen molar-refractivity contribution in [2.75, 3.05) is 40.0 Å². The molecule has 4 heterocycles. The molecule has 0 saturated carbocycles. The molecule has 4 bridgehead atoms. The minimum atomic E-state index is -0.392. The topological polar surface area (TPSA) is 348 Å². The maximum absolute atomic E-state index is 11.7. The Kier molecular flexibility index (Phi) is 35.1. The smallest absolute Gasteiger partial charge is 0.875 e. The van der Waals surface area contributed by atoms with Gasteiger partial charge in [-0.15, -0.1) is 34.6 Å². The second kappa shape index (κ2) is 34.8. The predicted octanol–water partition coefficient (Wildman–Crippen LogP) is -0.360. The first kappa shape index (κ1) is 76.7. The predicted molar refractivity (Wildman–Crippen MR) is 266 cm³/mol. The number of nitrogens with zero attached hydrogens (tertiary/aromatic N) is 4. The summed E-state index contributed by atoms with van der Waals surface area (Å²) in [6.07, 6.45) is 0. The number of carbonyl (C=O) groups excluding carboxylic acids is 6. The molecule has 3 radical (unpaired) electrons. The van der Waals surface area contributed by atoms with E-state index in [1.54, 1.807) is 72.8 Å². The third-order valence-corrected chi connectivity index (χ3v) is 11.0. The van der Waals surface area contributed by atoms with Crippen molar-refractivity contribution in [1.29, 1.82) is 0 Å². The monoisotopic (exact) mass is 1200 g/mol. The molecule has 19 nitrogen and oxygen atoms in total. The van der Waals surface area contributed by atoms with Gasteiger partial charge in [0, 0.05) is 33.4 Å². The van der Waals surface area contributed by atoms with E-state index in [4.69, 9.17) is 0 Å². The zero-order valence-corrected chi connectivity index (χ0v) is 47.1. The largest absolute Gasteiger partial charge is 2.00 e. The third kappa shape index (κ3) is 20.3. The summed E-state index contributed by atoms with van der Waals surface area (Å²) in [5.41, 5.74) is 1.96. The van der Waals surface area contributed by atoms with Gasteiger partial charge in [-0.25, -0.2) is 0 Å². The van der Waals surface area contributed by atoms with E-state index < -0.39 is 69.3 Å². The van der Waals surface area contributed by atoms with Crippen molar-refractivity contribution in [1.82, 2.24) is 19.6 Å². The number of benzene rings is 3. The Bertz CT molecular complexity index is 2250. The summed E-state index contributed by atoms with van der Waals surface area (Å²) >= 11 is 0. The molecule has 3 aromatic carbocycles. The first-order valence-corrected chi connectivity index (χ1v) is 22.2. The molecule has 0 aromatic heterocycles. The number of hydrogen-bond donors (Lipinski definition) is 0. The molecule has 22 heteroatoms. The van der Waals surface area contributed by atoms with Gasteiger partial charge in [-0.1, -0.05) is 114 Å². The molecule has 3 aromatic rings. The Hall–Kier alpha value is -5.80. The average Bonchev–Trinajstić information content (AvgIpc) is 3.21. The SMILES string of the molecule is C1N2CN3CN1CN(C2)C3.CC(=O)/C(=C(/C)[O-])c1ccccc1/C(C(C)=O)=C(\C)[O-].CC(=O)/C(=C(/C)[O-])c1ccccc1/C(C(C)=O)=C(\C)[O-].CC(=O)/C(=C(/C)[O-])c1ccccc1/C(C(C)=O)=C(\C)[O-].O.O.O.[Cu+2].[Cu+2].[Cu+2]. The summed E-state index contributed by atoms with van der Waals surface area (Å²) in [6, 6.07) is 19.3. The number of carbonyl (C=O) groups is 6. The maximum Gasteiger partial charge on any atom is 2.00 e. The molecule has 0 aliphatic carbocycles. The minimum Gasteiger partial charge on any atom is -0.875 e. The van der Waals surface area contributed by atoms with Crippen molar-refractivity contribution in [2.24, 2.45) is 0 Å². The van der Waals surface area contributed by atoms with Crippen LogP contribution in [0, 0.1) is 0 Å².